The molecule has 148 valence electrons. The van der Waals surface area contributed by atoms with E-state index in [0.29, 0.717) is 6.54 Å². The molecule has 1 atom stereocenters. The largest absolute Gasteiger partial charge is 0.497 e. The number of likely N-dealkylation sites (N-methyl/N-ethyl adjacent to an activating group) is 1. The minimum absolute atomic E-state index is 0.0503. The Morgan fingerprint density at radius 1 is 1.04 bits per heavy atom. The van der Waals surface area contributed by atoms with Crippen molar-refractivity contribution >= 4 is 11.5 Å². The van der Waals surface area contributed by atoms with Crippen molar-refractivity contribution in [2.24, 2.45) is 0 Å². The summed E-state index contributed by atoms with van der Waals surface area (Å²) in [5, 5.41) is 0. The number of allylic oxidation sites excluding steroid dienone is 1. The molecule has 0 N–H and O–H groups in total. The topological polar surface area (TPSA) is 42.0 Å². The van der Waals surface area contributed by atoms with Crippen molar-refractivity contribution in [2.75, 3.05) is 40.9 Å². The molecule has 2 aromatic rings. The van der Waals surface area contributed by atoms with Crippen LogP contribution in [0.2, 0.25) is 0 Å². The zero-order chi connectivity index (χ0) is 20.1. The molecule has 1 aliphatic rings. The molecule has 0 aliphatic carbocycles. The van der Waals surface area contributed by atoms with E-state index in [-0.39, 0.29) is 11.9 Å². The number of methoxy groups -OCH3 is 2. The van der Waals surface area contributed by atoms with Crippen LogP contribution < -0.4 is 9.47 Å². The lowest BCUT2D eigenvalue weighted by atomic mass is 10.0. The third-order valence-electron chi connectivity index (χ3n) is 5.32. The molecule has 5 nitrogen and oxygen atoms in total. The molecular formula is C23H28N2O3. The molecular weight excluding hydrogens is 352 g/mol. The monoisotopic (exact) mass is 380 g/mol. The van der Waals surface area contributed by atoms with Gasteiger partial charge in [-0.3, -0.25) is 9.69 Å². The van der Waals surface area contributed by atoms with E-state index < -0.39 is 0 Å². The highest BCUT2D eigenvalue weighted by Gasteiger charge is 2.28. The molecule has 0 radical (unpaired) electrons. The Bertz CT molecular complexity index is 845. The molecule has 1 aliphatic heterocycles. The number of nitrogens with zero attached hydrogens (tertiary/aromatic N) is 2. The number of hydrogen-bond acceptors (Lipinski definition) is 4. The highest BCUT2D eigenvalue weighted by molar-refractivity contribution is 5.95. The minimum Gasteiger partial charge on any atom is -0.497 e. The molecule has 3 rings (SSSR count). The van der Waals surface area contributed by atoms with Gasteiger partial charge in [-0.25, -0.2) is 0 Å². The number of benzene rings is 2. The summed E-state index contributed by atoms with van der Waals surface area (Å²) in [7, 11) is 5.42. The number of carbonyl (C=O) groups is 1. The van der Waals surface area contributed by atoms with Crippen LogP contribution in [0.3, 0.4) is 0 Å². The van der Waals surface area contributed by atoms with Gasteiger partial charge in [0.05, 0.1) is 20.3 Å². The summed E-state index contributed by atoms with van der Waals surface area (Å²) in [5.41, 5.74) is 3.13. The summed E-state index contributed by atoms with van der Waals surface area (Å²) < 4.78 is 10.6. The third-order valence-corrected chi connectivity index (χ3v) is 5.32. The van der Waals surface area contributed by atoms with Crippen LogP contribution in [0.1, 0.15) is 24.1 Å². The molecule has 0 bridgehead atoms. The van der Waals surface area contributed by atoms with Crippen molar-refractivity contribution in [2.45, 2.75) is 13.0 Å². The molecule has 1 unspecified atom stereocenters. The first-order chi connectivity index (χ1) is 13.5. The van der Waals surface area contributed by atoms with Crippen molar-refractivity contribution in [3.05, 3.63) is 65.7 Å². The van der Waals surface area contributed by atoms with Gasteiger partial charge in [0.1, 0.15) is 11.5 Å². The molecule has 1 fully saturated rings. The highest BCUT2D eigenvalue weighted by atomic mass is 16.5. The van der Waals surface area contributed by atoms with Crippen LogP contribution in [-0.4, -0.2) is 56.6 Å². The van der Waals surface area contributed by atoms with Crippen molar-refractivity contribution in [3.8, 4) is 11.5 Å². The molecule has 0 aromatic heterocycles. The number of rotatable bonds is 5. The maximum atomic E-state index is 12.9. The highest BCUT2D eigenvalue weighted by Crippen LogP contribution is 2.27. The maximum absolute atomic E-state index is 12.9. The smallest absolute Gasteiger partial charge is 0.246 e. The second-order valence-corrected chi connectivity index (χ2v) is 7.11. The van der Waals surface area contributed by atoms with Crippen LogP contribution in [0.15, 0.2) is 54.6 Å². The average molecular weight is 380 g/mol. The van der Waals surface area contributed by atoms with Crippen LogP contribution >= 0.6 is 0 Å². The van der Waals surface area contributed by atoms with Crippen LogP contribution in [0.5, 0.6) is 11.5 Å². The minimum atomic E-state index is 0.0503. The lowest BCUT2D eigenvalue weighted by Crippen LogP contribution is -2.48. The molecule has 28 heavy (non-hydrogen) atoms. The van der Waals surface area contributed by atoms with E-state index in [0.717, 1.165) is 41.3 Å². The summed E-state index contributed by atoms with van der Waals surface area (Å²) >= 11 is 0. The molecule has 1 saturated heterocycles. The Balaban J connectivity index is 1.74. The Morgan fingerprint density at radius 3 is 2.43 bits per heavy atom. The first-order valence-electron chi connectivity index (χ1n) is 9.47. The maximum Gasteiger partial charge on any atom is 0.246 e. The molecule has 2 aromatic carbocycles. The fraction of sp³-hybridized carbons (Fsp3) is 0.348. The van der Waals surface area contributed by atoms with Crippen molar-refractivity contribution in [1.82, 2.24) is 9.80 Å². The summed E-state index contributed by atoms with van der Waals surface area (Å²) in [4.78, 5) is 17.1. The number of amides is 1. The Hall–Kier alpha value is -2.79. The molecule has 0 spiro atoms. The van der Waals surface area contributed by atoms with Gasteiger partial charge in [-0.2, -0.15) is 0 Å². The lowest BCUT2D eigenvalue weighted by Gasteiger charge is -2.39. The first kappa shape index (κ1) is 20.0. The summed E-state index contributed by atoms with van der Waals surface area (Å²) in [6.45, 7) is 4.19. The number of piperazine rings is 1. The van der Waals surface area contributed by atoms with Gasteiger partial charge in [-0.05, 0) is 54.9 Å². The Labute approximate surface area is 167 Å². The fourth-order valence-electron chi connectivity index (χ4n) is 3.50. The average Bonchev–Trinajstić information content (AvgIpc) is 2.74. The first-order valence-corrected chi connectivity index (χ1v) is 9.47. The van der Waals surface area contributed by atoms with Gasteiger partial charge >= 0.3 is 0 Å². The molecule has 0 saturated carbocycles. The fourth-order valence-corrected chi connectivity index (χ4v) is 3.50. The van der Waals surface area contributed by atoms with E-state index in [1.807, 2.05) is 54.3 Å². The Kier molecular flexibility index (Phi) is 6.37. The normalized spacial score (nSPS) is 18.1. The molecule has 1 amide bonds. The van der Waals surface area contributed by atoms with Gasteiger partial charge in [0.15, 0.2) is 0 Å². The molecule has 1 heterocycles. The Morgan fingerprint density at radius 2 is 1.75 bits per heavy atom. The van der Waals surface area contributed by atoms with E-state index in [1.54, 1.807) is 20.3 Å². The second kappa shape index (κ2) is 8.93. The number of hydrogen-bond donors (Lipinski definition) is 0. The molecule has 5 heteroatoms. The zero-order valence-electron chi connectivity index (χ0n) is 17.0. The second-order valence-electron chi connectivity index (χ2n) is 7.11. The van der Waals surface area contributed by atoms with Gasteiger partial charge in [-0.1, -0.05) is 24.3 Å². The third kappa shape index (κ3) is 4.54. The predicted molar refractivity (Wildman–Crippen MR) is 112 cm³/mol. The van der Waals surface area contributed by atoms with Gasteiger partial charge in [0.25, 0.3) is 0 Å². The van der Waals surface area contributed by atoms with Crippen molar-refractivity contribution in [1.29, 1.82) is 0 Å². The lowest BCUT2D eigenvalue weighted by molar-refractivity contribution is -0.128. The van der Waals surface area contributed by atoms with E-state index in [4.69, 9.17) is 9.47 Å². The number of ether oxygens (including phenoxy) is 2. The van der Waals surface area contributed by atoms with Gasteiger partial charge in [-0.15, -0.1) is 0 Å². The van der Waals surface area contributed by atoms with Crippen LogP contribution in [0.4, 0.5) is 0 Å². The van der Waals surface area contributed by atoms with Crippen LogP contribution in [0.25, 0.3) is 5.57 Å². The predicted octanol–water partition coefficient (Wildman–Crippen LogP) is 3.62. The van der Waals surface area contributed by atoms with E-state index in [9.17, 15) is 4.79 Å². The SMILES string of the molecule is COc1ccc(/C(C)=C/C(=O)N2CCN(C)C(c3cccc(OC)c3)C2)cc1. The van der Waals surface area contributed by atoms with E-state index in [1.165, 1.54) is 0 Å². The quantitative estimate of drug-likeness (QED) is 0.743. The van der Waals surface area contributed by atoms with E-state index in [2.05, 4.69) is 18.0 Å². The van der Waals surface area contributed by atoms with Gasteiger partial charge in [0.2, 0.25) is 5.91 Å². The zero-order valence-corrected chi connectivity index (χ0v) is 17.0. The van der Waals surface area contributed by atoms with Crippen molar-refractivity contribution in [3.63, 3.8) is 0 Å². The number of carbonyl (C=O) groups excluding carboxylic acids is 1. The van der Waals surface area contributed by atoms with Gasteiger partial charge in [0, 0.05) is 25.7 Å². The summed E-state index contributed by atoms with van der Waals surface area (Å²) in [6.07, 6.45) is 1.73. The summed E-state index contributed by atoms with van der Waals surface area (Å²) in [6, 6.07) is 16.0. The van der Waals surface area contributed by atoms with E-state index >= 15 is 0 Å². The van der Waals surface area contributed by atoms with Crippen LogP contribution in [-0.2, 0) is 4.79 Å². The van der Waals surface area contributed by atoms with Crippen LogP contribution in [0, 0.1) is 0 Å². The van der Waals surface area contributed by atoms with Crippen molar-refractivity contribution < 1.29 is 14.3 Å². The summed E-state index contributed by atoms with van der Waals surface area (Å²) in [5.74, 6) is 1.70. The standard InChI is InChI=1S/C23H28N2O3/c1-17(18-8-10-20(27-3)11-9-18)14-23(26)25-13-12-24(2)22(16-25)19-6-5-7-21(15-19)28-4/h5-11,14-15,22H,12-13,16H2,1-4H3/b17-14+. The van der Waals surface area contributed by atoms with Gasteiger partial charge < -0.3 is 14.4 Å².